The minimum absolute atomic E-state index is 0.663. The molecule has 0 aliphatic heterocycles. The molecule has 0 aliphatic carbocycles. The highest BCUT2D eigenvalue weighted by atomic mass is 32.1. The van der Waals surface area contributed by atoms with Crippen LogP contribution >= 0.6 is 11.3 Å². The maximum Gasteiger partial charge on any atom is 0.126 e. The number of hydrogen-bond donors (Lipinski definition) is 1. The van der Waals surface area contributed by atoms with Crippen LogP contribution in [0.2, 0.25) is 0 Å². The number of hydrogen-bond acceptors (Lipinski definition) is 3. The number of thiophene rings is 1. The molecule has 0 fully saturated rings. The van der Waals surface area contributed by atoms with Gasteiger partial charge in [0.1, 0.15) is 5.75 Å². The van der Waals surface area contributed by atoms with Crippen molar-refractivity contribution >= 4 is 21.4 Å². The van der Waals surface area contributed by atoms with Gasteiger partial charge in [-0.2, -0.15) is 0 Å². The number of benzene rings is 2. The van der Waals surface area contributed by atoms with Gasteiger partial charge in [-0.25, -0.2) is 0 Å². The lowest BCUT2D eigenvalue weighted by atomic mass is 10.00. The molecule has 0 radical (unpaired) electrons. The molecule has 2 nitrogen and oxygen atoms in total. The van der Waals surface area contributed by atoms with Crippen LogP contribution in [0.25, 0.3) is 21.2 Å². The molecule has 0 saturated carbocycles. The molecule has 0 amide bonds. The minimum Gasteiger partial charge on any atom is -0.496 e. The Labute approximate surface area is 122 Å². The van der Waals surface area contributed by atoms with E-state index in [0.717, 1.165) is 17.7 Å². The van der Waals surface area contributed by atoms with Gasteiger partial charge in [0, 0.05) is 21.2 Å². The number of nitrogens with two attached hydrogens (primary N) is 1. The Morgan fingerprint density at radius 3 is 2.75 bits per heavy atom. The van der Waals surface area contributed by atoms with Gasteiger partial charge in [0.25, 0.3) is 0 Å². The average Bonchev–Trinajstić information content (AvgIpc) is 2.91. The van der Waals surface area contributed by atoms with Crippen LogP contribution in [0.3, 0.4) is 0 Å². The second kappa shape index (κ2) is 5.65. The van der Waals surface area contributed by atoms with Crippen LogP contribution in [-0.4, -0.2) is 13.7 Å². The number of methoxy groups -OCH3 is 1. The van der Waals surface area contributed by atoms with Gasteiger partial charge in [-0.1, -0.05) is 24.3 Å². The number of rotatable bonds is 4. The largest absolute Gasteiger partial charge is 0.496 e. The predicted molar refractivity (Wildman–Crippen MR) is 86.6 cm³/mol. The van der Waals surface area contributed by atoms with Crippen LogP contribution < -0.4 is 10.5 Å². The normalized spacial score (nSPS) is 10.9. The first-order chi connectivity index (χ1) is 9.83. The molecule has 0 unspecified atom stereocenters. The predicted octanol–water partition coefficient (Wildman–Crippen LogP) is 4.08. The van der Waals surface area contributed by atoms with Crippen molar-refractivity contribution in [1.82, 2.24) is 0 Å². The number of ether oxygens (including phenoxy) is 1. The van der Waals surface area contributed by atoms with Gasteiger partial charge in [0.05, 0.1) is 7.11 Å². The molecule has 0 atom stereocenters. The first-order valence-corrected chi connectivity index (χ1v) is 7.55. The van der Waals surface area contributed by atoms with Gasteiger partial charge >= 0.3 is 0 Å². The summed E-state index contributed by atoms with van der Waals surface area (Å²) in [7, 11) is 1.72. The quantitative estimate of drug-likeness (QED) is 0.783. The van der Waals surface area contributed by atoms with Gasteiger partial charge in [-0.15, -0.1) is 11.3 Å². The van der Waals surface area contributed by atoms with Crippen LogP contribution in [-0.2, 0) is 6.42 Å². The van der Waals surface area contributed by atoms with Crippen molar-refractivity contribution in [1.29, 1.82) is 0 Å². The summed E-state index contributed by atoms with van der Waals surface area (Å²) in [4.78, 5) is 0. The van der Waals surface area contributed by atoms with E-state index in [4.69, 9.17) is 10.5 Å². The van der Waals surface area contributed by atoms with E-state index in [2.05, 4.69) is 41.8 Å². The topological polar surface area (TPSA) is 35.2 Å². The first-order valence-electron chi connectivity index (χ1n) is 6.67. The number of fused-ring (bicyclic) bond motifs is 1. The van der Waals surface area contributed by atoms with Crippen molar-refractivity contribution in [3.05, 3.63) is 53.4 Å². The summed E-state index contributed by atoms with van der Waals surface area (Å²) in [6, 6.07) is 14.8. The second-order valence-corrected chi connectivity index (χ2v) is 5.63. The molecule has 102 valence electrons. The Kier molecular flexibility index (Phi) is 3.72. The summed E-state index contributed by atoms with van der Waals surface area (Å²) in [6.45, 7) is 0.663. The Hall–Kier alpha value is -1.84. The molecule has 1 heterocycles. The monoisotopic (exact) mass is 283 g/mol. The van der Waals surface area contributed by atoms with Crippen molar-refractivity contribution in [3.63, 3.8) is 0 Å². The highest BCUT2D eigenvalue weighted by Gasteiger charge is 2.11. The molecular formula is C17H17NOS. The maximum absolute atomic E-state index is 5.66. The highest BCUT2D eigenvalue weighted by molar-refractivity contribution is 7.17. The molecule has 20 heavy (non-hydrogen) atoms. The molecule has 0 aliphatic rings. The van der Waals surface area contributed by atoms with Crippen LogP contribution in [0.4, 0.5) is 0 Å². The molecule has 0 spiro atoms. The minimum atomic E-state index is 0.663. The zero-order chi connectivity index (χ0) is 13.9. The Morgan fingerprint density at radius 1 is 1.10 bits per heavy atom. The van der Waals surface area contributed by atoms with E-state index in [1.807, 2.05) is 6.07 Å². The third kappa shape index (κ3) is 2.30. The molecule has 2 aromatic carbocycles. The lowest BCUT2D eigenvalue weighted by molar-refractivity contribution is 0.416. The van der Waals surface area contributed by atoms with Gasteiger partial charge in [-0.3, -0.25) is 0 Å². The average molecular weight is 283 g/mol. The SMILES string of the molecule is COc1ccc(CCN)cc1-c1csc2ccccc12. The molecule has 0 bridgehead atoms. The van der Waals surface area contributed by atoms with E-state index in [1.165, 1.54) is 21.2 Å². The van der Waals surface area contributed by atoms with Crippen molar-refractivity contribution in [2.75, 3.05) is 13.7 Å². The first kappa shape index (κ1) is 13.2. The van der Waals surface area contributed by atoms with E-state index < -0.39 is 0 Å². The van der Waals surface area contributed by atoms with E-state index >= 15 is 0 Å². The van der Waals surface area contributed by atoms with Crippen LogP contribution in [0.15, 0.2) is 47.8 Å². The molecule has 2 N–H and O–H groups in total. The lowest BCUT2D eigenvalue weighted by Gasteiger charge is -2.10. The van der Waals surface area contributed by atoms with Crippen molar-refractivity contribution in [3.8, 4) is 16.9 Å². The fraction of sp³-hybridized carbons (Fsp3) is 0.176. The Balaban J connectivity index is 2.19. The Bertz CT molecular complexity index is 733. The van der Waals surface area contributed by atoms with E-state index in [0.29, 0.717) is 6.54 Å². The lowest BCUT2D eigenvalue weighted by Crippen LogP contribution is -2.02. The fourth-order valence-corrected chi connectivity index (χ4v) is 3.44. The smallest absolute Gasteiger partial charge is 0.126 e. The van der Waals surface area contributed by atoms with E-state index in [1.54, 1.807) is 18.4 Å². The van der Waals surface area contributed by atoms with E-state index in [9.17, 15) is 0 Å². The zero-order valence-electron chi connectivity index (χ0n) is 11.4. The summed E-state index contributed by atoms with van der Waals surface area (Å²) in [5, 5.41) is 3.48. The third-order valence-electron chi connectivity index (χ3n) is 3.47. The van der Waals surface area contributed by atoms with Gasteiger partial charge in [0.15, 0.2) is 0 Å². The van der Waals surface area contributed by atoms with Gasteiger partial charge in [0.2, 0.25) is 0 Å². The molecule has 3 aromatic rings. The standard InChI is InChI=1S/C17H17NOS/c1-19-16-7-6-12(8-9-18)10-14(16)15-11-20-17-5-3-2-4-13(15)17/h2-7,10-11H,8-9,18H2,1H3. The molecule has 1 aromatic heterocycles. The van der Waals surface area contributed by atoms with Crippen molar-refractivity contribution < 1.29 is 4.74 Å². The molecule has 3 heteroatoms. The summed E-state index contributed by atoms with van der Waals surface area (Å²) >= 11 is 1.77. The van der Waals surface area contributed by atoms with Crippen LogP contribution in [0, 0.1) is 0 Å². The van der Waals surface area contributed by atoms with Gasteiger partial charge in [-0.05, 0) is 42.1 Å². The maximum atomic E-state index is 5.66. The summed E-state index contributed by atoms with van der Waals surface area (Å²) in [6.07, 6.45) is 0.888. The van der Waals surface area contributed by atoms with Gasteiger partial charge < -0.3 is 10.5 Å². The highest BCUT2D eigenvalue weighted by Crippen LogP contribution is 2.39. The molecular weight excluding hydrogens is 266 g/mol. The Morgan fingerprint density at radius 2 is 1.95 bits per heavy atom. The summed E-state index contributed by atoms with van der Waals surface area (Å²) < 4.78 is 6.82. The summed E-state index contributed by atoms with van der Waals surface area (Å²) in [5.74, 6) is 0.911. The van der Waals surface area contributed by atoms with Crippen molar-refractivity contribution in [2.24, 2.45) is 5.73 Å². The van der Waals surface area contributed by atoms with Crippen LogP contribution in [0.1, 0.15) is 5.56 Å². The second-order valence-electron chi connectivity index (χ2n) is 4.72. The fourth-order valence-electron chi connectivity index (χ4n) is 2.47. The molecule has 3 rings (SSSR count). The summed E-state index contributed by atoms with van der Waals surface area (Å²) in [5.41, 5.74) is 9.30. The van der Waals surface area contributed by atoms with Crippen molar-refractivity contribution in [2.45, 2.75) is 6.42 Å². The third-order valence-corrected chi connectivity index (χ3v) is 4.43. The van der Waals surface area contributed by atoms with Crippen LogP contribution in [0.5, 0.6) is 5.75 Å². The molecule has 0 saturated heterocycles. The van der Waals surface area contributed by atoms with E-state index in [-0.39, 0.29) is 0 Å². The zero-order valence-corrected chi connectivity index (χ0v) is 12.2.